The van der Waals surface area contributed by atoms with Crippen molar-refractivity contribution in [2.75, 3.05) is 11.5 Å². The molecule has 2 aliphatic heterocycles. The molecule has 2 heterocycles. The van der Waals surface area contributed by atoms with Crippen LogP contribution in [0.4, 0.5) is 5.69 Å². The summed E-state index contributed by atoms with van der Waals surface area (Å²) in [4.78, 5) is 38.1. The van der Waals surface area contributed by atoms with E-state index in [1.54, 1.807) is 23.1 Å². The molecule has 166 valence electrons. The first-order valence-electron chi connectivity index (χ1n) is 9.96. The number of nitrogens with one attached hydrogen (secondary N) is 1. The number of anilines is 1. The molecule has 3 amide bonds. The Bertz CT molecular complexity index is 1140. The van der Waals surface area contributed by atoms with Crippen LogP contribution in [0.25, 0.3) is 0 Å². The van der Waals surface area contributed by atoms with Crippen LogP contribution < -0.4 is 15.0 Å². The molecule has 1 N–H and O–H groups in total. The molecule has 1 spiro atoms. The number of amides is 3. The van der Waals surface area contributed by atoms with E-state index in [4.69, 9.17) is 16.3 Å². The summed E-state index contributed by atoms with van der Waals surface area (Å²) in [5, 5.41) is 8.56. The van der Waals surface area contributed by atoms with Gasteiger partial charge in [0.2, 0.25) is 16.7 Å². The SMILES string of the molecule is CCOc1ccc(CN2C(=O)[C@@]3(SC(NC(C)=O)=NN3C(C)=O)c3cc(Cl)ccc32)cc1. The third kappa shape index (κ3) is 3.71. The van der Waals surface area contributed by atoms with Gasteiger partial charge in [0, 0.05) is 24.4 Å². The van der Waals surface area contributed by atoms with Gasteiger partial charge >= 0.3 is 0 Å². The van der Waals surface area contributed by atoms with E-state index in [0.717, 1.165) is 28.1 Å². The second-order valence-corrected chi connectivity index (χ2v) is 8.91. The average molecular weight is 473 g/mol. The van der Waals surface area contributed by atoms with Crippen LogP contribution in [0, 0.1) is 0 Å². The monoisotopic (exact) mass is 472 g/mol. The lowest BCUT2D eigenvalue weighted by Crippen LogP contribution is -2.48. The number of halogens is 1. The molecule has 0 aliphatic carbocycles. The zero-order valence-electron chi connectivity index (χ0n) is 17.7. The second-order valence-electron chi connectivity index (χ2n) is 7.29. The molecule has 4 rings (SSSR count). The maximum atomic E-state index is 13.9. The summed E-state index contributed by atoms with van der Waals surface area (Å²) in [7, 11) is 0. The zero-order chi connectivity index (χ0) is 23.0. The van der Waals surface area contributed by atoms with Gasteiger partial charge in [0.05, 0.1) is 18.8 Å². The van der Waals surface area contributed by atoms with E-state index >= 15 is 0 Å². The molecule has 0 unspecified atom stereocenters. The van der Waals surface area contributed by atoms with Crippen LogP contribution in [0.1, 0.15) is 31.9 Å². The topological polar surface area (TPSA) is 91.3 Å². The van der Waals surface area contributed by atoms with Crippen LogP contribution >= 0.6 is 23.4 Å². The highest BCUT2D eigenvalue weighted by molar-refractivity contribution is 8.15. The third-order valence-corrected chi connectivity index (χ3v) is 6.51. The van der Waals surface area contributed by atoms with Crippen LogP contribution in [0.3, 0.4) is 0 Å². The van der Waals surface area contributed by atoms with E-state index in [-0.39, 0.29) is 23.5 Å². The highest BCUT2D eigenvalue weighted by atomic mass is 35.5. The van der Waals surface area contributed by atoms with E-state index < -0.39 is 10.8 Å². The fraction of sp³-hybridized carbons (Fsp3) is 0.273. The van der Waals surface area contributed by atoms with Crippen molar-refractivity contribution in [2.24, 2.45) is 5.10 Å². The lowest BCUT2D eigenvalue weighted by atomic mass is 10.1. The highest BCUT2D eigenvalue weighted by Crippen LogP contribution is 2.55. The average Bonchev–Trinajstić information content (AvgIpc) is 3.22. The van der Waals surface area contributed by atoms with Crippen LogP contribution in [-0.2, 0) is 25.8 Å². The van der Waals surface area contributed by atoms with Gasteiger partial charge < -0.3 is 15.0 Å². The summed E-state index contributed by atoms with van der Waals surface area (Å²) in [6.45, 7) is 5.43. The van der Waals surface area contributed by atoms with Gasteiger partial charge in [0.1, 0.15) is 5.75 Å². The number of fused-ring (bicyclic) bond motifs is 2. The molecule has 2 aromatic carbocycles. The number of ether oxygens (including phenoxy) is 1. The van der Waals surface area contributed by atoms with Crippen LogP contribution in [-0.4, -0.2) is 34.5 Å². The van der Waals surface area contributed by atoms with Gasteiger partial charge in [-0.2, -0.15) is 5.01 Å². The maximum Gasteiger partial charge on any atom is 0.271 e. The molecule has 32 heavy (non-hydrogen) atoms. The third-order valence-electron chi connectivity index (χ3n) is 5.04. The van der Waals surface area contributed by atoms with Crippen molar-refractivity contribution in [3.63, 3.8) is 0 Å². The molecule has 0 saturated heterocycles. The molecular formula is C22H21ClN4O4S. The number of hydrogen-bond donors (Lipinski definition) is 1. The first kappa shape index (κ1) is 22.2. The van der Waals surface area contributed by atoms with E-state index in [1.807, 2.05) is 31.2 Å². The summed E-state index contributed by atoms with van der Waals surface area (Å²) in [6, 6.07) is 12.6. The summed E-state index contributed by atoms with van der Waals surface area (Å²) < 4.78 is 5.49. The van der Waals surface area contributed by atoms with Crippen molar-refractivity contribution in [1.82, 2.24) is 10.3 Å². The Morgan fingerprint density at radius 2 is 1.91 bits per heavy atom. The Kier molecular flexibility index (Phi) is 5.87. The molecule has 2 aromatic rings. The normalized spacial score (nSPS) is 19.2. The molecule has 0 saturated carbocycles. The number of hydrogen-bond acceptors (Lipinski definition) is 6. The molecule has 1 atom stereocenters. The standard InChI is InChI=1S/C22H21ClN4O4S/c1-4-31-17-8-5-15(6-9-17)12-26-19-10-7-16(23)11-18(19)22(20(26)30)27(14(3)29)25-21(32-22)24-13(2)28/h5-11H,4,12H2,1-3H3,(H,24,25,28)/t22-/m0/s1. The number of benzene rings is 2. The van der Waals surface area contributed by atoms with Gasteiger partial charge in [-0.05, 0) is 54.6 Å². The Labute approximate surface area is 194 Å². The zero-order valence-corrected chi connectivity index (χ0v) is 19.3. The van der Waals surface area contributed by atoms with E-state index in [9.17, 15) is 14.4 Å². The van der Waals surface area contributed by atoms with Crippen LogP contribution in [0.5, 0.6) is 5.75 Å². The van der Waals surface area contributed by atoms with E-state index in [0.29, 0.717) is 22.9 Å². The number of amidine groups is 1. The highest BCUT2D eigenvalue weighted by Gasteiger charge is 2.61. The summed E-state index contributed by atoms with van der Waals surface area (Å²) in [6.07, 6.45) is 0. The van der Waals surface area contributed by atoms with E-state index in [1.165, 1.54) is 13.8 Å². The summed E-state index contributed by atoms with van der Waals surface area (Å²) in [5.74, 6) is -0.372. The molecular weight excluding hydrogens is 452 g/mol. The number of thioether (sulfide) groups is 1. The minimum atomic E-state index is -1.48. The maximum absolute atomic E-state index is 13.9. The van der Waals surface area contributed by atoms with Gasteiger partial charge in [-0.25, -0.2) is 0 Å². The second kappa shape index (κ2) is 8.48. The molecule has 8 nitrogen and oxygen atoms in total. The number of carbonyl (C=O) groups is 3. The molecule has 0 bridgehead atoms. The predicted octanol–water partition coefficient (Wildman–Crippen LogP) is 3.44. The minimum Gasteiger partial charge on any atom is -0.494 e. The number of rotatable bonds is 4. The molecule has 0 aromatic heterocycles. The molecule has 0 radical (unpaired) electrons. The Morgan fingerprint density at radius 3 is 2.53 bits per heavy atom. The minimum absolute atomic E-state index is 0.176. The first-order chi connectivity index (χ1) is 15.3. The van der Waals surface area contributed by atoms with Gasteiger partial charge in [-0.1, -0.05) is 23.7 Å². The van der Waals surface area contributed by atoms with Crippen molar-refractivity contribution < 1.29 is 19.1 Å². The van der Waals surface area contributed by atoms with E-state index in [2.05, 4.69) is 10.4 Å². The lowest BCUT2D eigenvalue weighted by molar-refractivity contribution is -0.139. The quantitative estimate of drug-likeness (QED) is 0.736. The van der Waals surface area contributed by atoms with Crippen molar-refractivity contribution in [3.8, 4) is 5.75 Å². The van der Waals surface area contributed by atoms with Crippen molar-refractivity contribution in [3.05, 3.63) is 58.6 Å². The number of hydrazone groups is 1. The number of carbonyl (C=O) groups excluding carboxylic acids is 3. The van der Waals surface area contributed by atoms with Gasteiger partial charge in [-0.3, -0.25) is 14.4 Å². The largest absolute Gasteiger partial charge is 0.494 e. The summed E-state index contributed by atoms with van der Waals surface area (Å²) in [5.41, 5.74) is 2.07. The van der Waals surface area contributed by atoms with Gasteiger partial charge in [0.25, 0.3) is 5.91 Å². The molecule has 10 heteroatoms. The lowest BCUT2D eigenvalue weighted by Gasteiger charge is -2.29. The van der Waals surface area contributed by atoms with Crippen LogP contribution in [0.2, 0.25) is 5.02 Å². The van der Waals surface area contributed by atoms with Gasteiger partial charge in [0.15, 0.2) is 5.17 Å². The predicted molar refractivity (Wildman–Crippen MR) is 123 cm³/mol. The Morgan fingerprint density at radius 1 is 1.19 bits per heavy atom. The Balaban J connectivity index is 1.76. The fourth-order valence-electron chi connectivity index (χ4n) is 3.78. The summed E-state index contributed by atoms with van der Waals surface area (Å²) >= 11 is 7.29. The van der Waals surface area contributed by atoms with Crippen LogP contribution in [0.15, 0.2) is 47.6 Å². The molecule has 0 fully saturated rings. The molecule has 2 aliphatic rings. The van der Waals surface area contributed by atoms with Gasteiger partial charge in [-0.15, -0.1) is 5.10 Å². The van der Waals surface area contributed by atoms with Crippen molar-refractivity contribution in [2.45, 2.75) is 32.2 Å². The van der Waals surface area contributed by atoms with Crippen molar-refractivity contribution in [1.29, 1.82) is 0 Å². The smallest absolute Gasteiger partial charge is 0.271 e. The fourth-order valence-corrected chi connectivity index (χ4v) is 5.28. The van der Waals surface area contributed by atoms with Crippen molar-refractivity contribution >= 4 is 51.9 Å². The Hall–Kier alpha value is -3.04. The first-order valence-corrected chi connectivity index (χ1v) is 11.2. The number of nitrogens with zero attached hydrogens (tertiary/aromatic N) is 3.